The van der Waals surface area contributed by atoms with E-state index in [2.05, 4.69) is 15.6 Å². The average Bonchev–Trinajstić information content (AvgIpc) is 2.75. The molecule has 1 unspecified atom stereocenters. The van der Waals surface area contributed by atoms with Crippen molar-refractivity contribution in [1.29, 1.82) is 0 Å². The standard InChI is InChI=1S/C8H11N3O4S/c12-6(7(13)14)2-10-8(15)9-1-5-3-16-4-11-5/h3-4,6,12H,1-2H2,(H,13,14)(H2,9,10,15). The molecular weight excluding hydrogens is 234 g/mol. The van der Waals surface area contributed by atoms with Crippen LogP contribution in [0.3, 0.4) is 0 Å². The smallest absolute Gasteiger partial charge is 0.334 e. The number of nitrogens with one attached hydrogen (secondary N) is 2. The van der Waals surface area contributed by atoms with E-state index < -0.39 is 18.1 Å². The summed E-state index contributed by atoms with van der Waals surface area (Å²) in [6.45, 7) is -0.0727. The van der Waals surface area contributed by atoms with Gasteiger partial charge in [-0.1, -0.05) is 0 Å². The molecule has 1 aromatic heterocycles. The SMILES string of the molecule is O=C(NCc1cscn1)NCC(O)C(=O)O. The Morgan fingerprint density at radius 1 is 1.50 bits per heavy atom. The minimum absolute atomic E-state index is 0.262. The second kappa shape index (κ2) is 6.03. The lowest BCUT2D eigenvalue weighted by Gasteiger charge is -2.08. The molecule has 0 aliphatic carbocycles. The molecular formula is C8H11N3O4S. The van der Waals surface area contributed by atoms with Crippen LogP contribution in [0.5, 0.6) is 0 Å². The first kappa shape index (κ1) is 12.4. The Labute approximate surface area is 95.1 Å². The van der Waals surface area contributed by atoms with Crippen LogP contribution in [0, 0.1) is 0 Å². The predicted octanol–water partition coefficient (Wildman–Crippen LogP) is -0.612. The molecule has 0 saturated carbocycles. The van der Waals surface area contributed by atoms with E-state index in [-0.39, 0.29) is 13.1 Å². The highest BCUT2D eigenvalue weighted by atomic mass is 32.1. The number of aromatic nitrogens is 1. The Hall–Kier alpha value is -1.67. The van der Waals surface area contributed by atoms with Crippen molar-refractivity contribution in [1.82, 2.24) is 15.6 Å². The van der Waals surface area contributed by atoms with Crippen molar-refractivity contribution in [3.8, 4) is 0 Å². The van der Waals surface area contributed by atoms with Crippen LogP contribution in [0.25, 0.3) is 0 Å². The van der Waals surface area contributed by atoms with Crippen LogP contribution < -0.4 is 10.6 Å². The number of rotatable bonds is 5. The molecule has 1 heterocycles. The zero-order chi connectivity index (χ0) is 12.0. The topological polar surface area (TPSA) is 112 Å². The normalized spacial score (nSPS) is 11.8. The third kappa shape index (κ3) is 4.24. The molecule has 1 aromatic rings. The zero-order valence-corrected chi connectivity index (χ0v) is 9.03. The van der Waals surface area contributed by atoms with Crippen LogP contribution >= 0.6 is 11.3 Å². The van der Waals surface area contributed by atoms with Gasteiger partial charge in [0.25, 0.3) is 0 Å². The van der Waals surface area contributed by atoms with E-state index in [1.165, 1.54) is 11.3 Å². The molecule has 0 aliphatic rings. The maximum absolute atomic E-state index is 11.1. The number of carbonyl (C=O) groups excluding carboxylic acids is 1. The quantitative estimate of drug-likeness (QED) is 0.553. The van der Waals surface area contributed by atoms with Gasteiger partial charge in [0.1, 0.15) is 0 Å². The number of aliphatic hydroxyl groups is 1. The highest BCUT2D eigenvalue weighted by Gasteiger charge is 2.13. The molecule has 4 N–H and O–H groups in total. The van der Waals surface area contributed by atoms with Gasteiger partial charge in [0.2, 0.25) is 0 Å². The molecule has 0 fully saturated rings. The summed E-state index contributed by atoms with van der Waals surface area (Å²) in [7, 11) is 0. The van der Waals surface area contributed by atoms with Crippen LogP contribution in [0.4, 0.5) is 4.79 Å². The maximum atomic E-state index is 11.1. The van der Waals surface area contributed by atoms with Crippen molar-refractivity contribution >= 4 is 23.3 Å². The molecule has 1 atom stereocenters. The molecule has 88 valence electrons. The lowest BCUT2D eigenvalue weighted by atomic mass is 10.4. The van der Waals surface area contributed by atoms with E-state index in [9.17, 15) is 9.59 Å². The molecule has 0 spiro atoms. The Kier molecular flexibility index (Phi) is 4.67. The number of carboxylic acids is 1. The molecule has 7 nitrogen and oxygen atoms in total. The number of urea groups is 1. The summed E-state index contributed by atoms with van der Waals surface area (Å²) in [5.41, 5.74) is 2.36. The number of carbonyl (C=O) groups is 2. The van der Waals surface area contributed by atoms with Crippen LogP contribution in [0.15, 0.2) is 10.9 Å². The number of thiazole rings is 1. The number of aliphatic carboxylic acids is 1. The summed E-state index contributed by atoms with van der Waals surface area (Å²) >= 11 is 1.41. The van der Waals surface area contributed by atoms with Crippen LogP contribution in [-0.4, -0.2) is 39.8 Å². The van der Waals surface area contributed by atoms with Gasteiger partial charge in [-0.15, -0.1) is 11.3 Å². The van der Waals surface area contributed by atoms with Crippen molar-refractivity contribution in [2.45, 2.75) is 12.6 Å². The van der Waals surface area contributed by atoms with E-state index in [4.69, 9.17) is 10.2 Å². The summed E-state index contributed by atoms with van der Waals surface area (Å²) in [6, 6.07) is -0.548. The van der Waals surface area contributed by atoms with Gasteiger partial charge >= 0.3 is 12.0 Å². The monoisotopic (exact) mass is 245 g/mol. The van der Waals surface area contributed by atoms with Crippen molar-refractivity contribution in [3.63, 3.8) is 0 Å². The predicted molar refractivity (Wildman–Crippen MR) is 56.0 cm³/mol. The van der Waals surface area contributed by atoms with E-state index in [1.54, 1.807) is 10.9 Å². The summed E-state index contributed by atoms with van der Waals surface area (Å²) in [5.74, 6) is -1.38. The van der Waals surface area contributed by atoms with Crippen molar-refractivity contribution in [3.05, 3.63) is 16.6 Å². The number of carboxylic acid groups (broad SMARTS) is 1. The average molecular weight is 245 g/mol. The second-order valence-corrected chi connectivity index (χ2v) is 3.62. The number of nitrogens with zero attached hydrogens (tertiary/aromatic N) is 1. The molecule has 0 aromatic carbocycles. The molecule has 0 aliphatic heterocycles. The number of aliphatic hydroxyl groups excluding tert-OH is 1. The van der Waals surface area contributed by atoms with Crippen molar-refractivity contribution in [2.24, 2.45) is 0 Å². The third-order valence-corrected chi connectivity index (χ3v) is 2.29. The summed E-state index contributed by atoms with van der Waals surface area (Å²) < 4.78 is 0. The van der Waals surface area contributed by atoms with Gasteiger partial charge in [-0.3, -0.25) is 0 Å². The van der Waals surface area contributed by atoms with Crippen molar-refractivity contribution < 1.29 is 19.8 Å². The van der Waals surface area contributed by atoms with E-state index in [0.717, 1.165) is 5.69 Å². The van der Waals surface area contributed by atoms with Gasteiger partial charge in [0, 0.05) is 5.38 Å². The van der Waals surface area contributed by atoms with Gasteiger partial charge in [-0.05, 0) is 0 Å². The zero-order valence-electron chi connectivity index (χ0n) is 8.21. The molecule has 1 rings (SSSR count). The highest BCUT2D eigenvalue weighted by molar-refractivity contribution is 7.07. The van der Waals surface area contributed by atoms with Gasteiger partial charge in [-0.25, -0.2) is 14.6 Å². The first-order valence-corrected chi connectivity index (χ1v) is 5.33. The fraction of sp³-hybridized carbons (Fsp3) is 0.375. The van der Waals surface area contributed by atoms with Gasteiger partial charge < -0.3 is 20.8 Å². The van der Waals surface area contributed by atoms with Crippen LogP contribution in [0.2, 0.25) is 0 Å². The number of hydrogen-bond donors (Lipinski definition) is 4. The lowest BCUT2D eigenvalue weighted by Crippen LogP contribution is -2.41. The lowest BCUT2D eigenvalue weighted by molar-refractivity contribution is -0.146. The fourth-order valence-electron chi connectivity index (χ4n) is 0.835. The Morgan fingerprint density at radius 2 is 2.25 bits per heavy atom. The number of amides is 2. The summed E-state index contributed by atoms with van der Waals surface area (Å²) in [5, 5.41) is 23.7. The largest absolute Gasteiger partial charge is 0.479 e. The molecule has 0 radical (unpaired) electrons. The van der Waals surface area contributed by atoms with Crippen molar-refractivity contribution in [2.75, 3.05) is 6.54 Å². The number of hydrogen-bond acceptors (Lipinski definition) is 5. The maximum Gasteiger partial charge on any atom is 0.334 e. The van der Waals surface area contributed by atoms with Gasteiger partial charge in [-0.2, -0.15) is 0 Å². The Morgan fingerprint density at radius 3 is 2.81 bits per heavy atom. The second-order valence-electron chi connectivity index (χ2n) is 2.90. The van der Waals surface area contributed by atoms with E-state index in [1.807, 2.05) is 0 Å². The third-order valence-electron chi connectivity index (χ3n) is 1.65. The van der Waals surface area contributed by atoms with Crippen LogP contribution in [-0.2, 0) is 11.3 Å². The minimum Gasteiger partial charge on any atom is -0.479 e. The van der Waals surface area contributed by atoms with Gasteiger partial charge in [0.15, 0.2) is 6.10 Å². The first-order valence-electron chi connectivity index (χ1n) is 4.39. The summed E-state index contributed by atoms with van der Waals surface area (Å²) in [4.78, 5) is 25.3. The van der Waals surface area contributed by atoms with Crippen LogP contribution in [0.1, 0.15) is 5.69 Å². The minimum atomic E-state index is -1.59. The molecule has 2 amide bonds. The Bertz CT molecular complexity index is 354. The molecule has 0 bridgehead atoms. The summed E-state index contributed by atoms with van der Waals surface area (Å²) in [6.07, 6.45) is -1.59. The molecule has 8 heteroatoms. The first-order chi connectivity index (χ1) is 7.59. The van der Waals surface area contributed by atoms with E-state index in [0.29, 0.717) is 0 Å². The van der Waals surface area contributed by atoms with E-state index >= 15 is 0 Å². The fourth-order valence-corrected chi connectivity index (χ4v) is 1.39. The molecule has 16 heavy (non-hydrogen) atoms. The highest BCUT2D eigenvalue weighted by Crippen LogP contribution is 1.99. The molecule has 0 saturated heterocycles. The van der Waals surface area contributed by atoms with Gasteiger partial charge in [0.05, 0.1) is 24.3 Å². The Balaban J connectivity index is 2.19.